The highest BCUT2D eigenvalue weighted by atomic mass is 79.9. The third kappa shape index (κ3) is 4.64. The number of hydrogen-bond acceptors (Lipinski definition) is 4. The minimum absolute atomic E-state index is 0.0271. The summed E-state index contributed by atoms with van der Waals surface area (Å²) in [6.45, 7) is 1.22. The van der Waals surface area contributed by atoms with E-state index in [1.165, 1.54) is 28.6 Å². The van der Waals surface area contributed by atoms with E-state index in [0.29, 0.717) is 28.4 Å². The number of nitrogens with zero attached hydrogens (tertiary/aromatic N) is 1. The smallest absolute Gasteiger partial charge is 0.255 e. The number of hydrogen-bond donors (Lipinski definition) is 1. The highest BCUT2D eigenvalue weighted by Crippen LogP contribution is 2.29. The molecule has 0 atom stereocenters. The number of morpholine rings is 1. The lowest BCUT2D eigenvalue weighted by Gasteiger charge is -2.26. The molecule has 0 bridgehead atoms. The summed E-state index contributed by atoms with van der Waals surface area (Å²) in [6, 6.07) is 9.09. The first-order valence-corrected chi connectivity index (χ1v) is 10.9. The second-order valence-corrected chi connectivity index (χ2v) is 9.34. The summed E-state index contributed by atoms with van der Waals surface area (Å²) in [7, 11) is -3.75. The van der Waals surface area contributed by atoms with Crippen LogP contribution in [0.25, 0.3) is 0 Å². The molecule has 2 aromatic carbocycles. The van der Waals surface area contributed by atoms with Crippen LogP contribution in [-0.4, -0.2) is 44.9 Å². The van der Waals surface area contributed by atoms with Crippen LogP contribution in [-0.2, 0) is 14.8 Å². The number of rotatable bonds is 4. The van der Waals surface area contributed by atoms with E-state index in [1.54, 1.807) is 12.1 Å². The highest BCUT2D eigenvalue weighted by Gasteiger charge is 2.29. The van der Waals surface area contributed by atoms with Crippen molar-refractivity contribution < 1.29 is 17.9 Å². The fourth-order valence-corrected chi connectivity index (χ4v) is 5.37. The molecule has 1 fully saturated rings. The van der Waals surface area contributed by atoms with E-state index in [9.17, 15) is 13.2 Å². The van der Waals surface area contributed by atoms with Gasteiger partial charge in [0.05, 0.1) is 28.8 Å². The molecule has 0 aliphatic carbocycles. The van der Waals surface area contributed by atoms with Gasteiger partial charge in [0.2, 0.25) is 10.0 Å². The number of amides is 1. The van der Waals surface area contributed by atoms with Crippen molar-refractivity contribution in [1.29, 1.82) is 0 Å². The monoisotopic (exact) mass is 492 g/mol. The average Bonchev–Trinajstić information content (AvgIpc) is 2.65. The Hall–Kier alpha value is -1.16. The van der Waals surface area contributed by atoms with E-state index in [-0.39, 0.29) is 28.6 Å². The van der Waals surface area contributed by atoms with E-state index in [2.05, 4.69) is 21.2 Å². The topological polar surface area (TPSA) is 75.7 Å². The molecule has 0 spiro atoms. The molecule has 1 aliphatic heterocycles. The zero-order chi connectivity index (χ0) is 19.6. The maximum Gasteiger partial charge on any atom is 0.255 e. The van der Waals surface area contributed by atoms with Gasteiger partial charge < -0.3 is 10.1 Å². The van der Waals surface area contributed by atoms with Crippen molar-refractivity contribution in [2.75, 3.05) is 31.6 Å². The van der Waals surface area contributed by atoms with E-state index < -0.39 is 15.9 Å². The fraction of sp³-hybridized carbons (Fsp3) is 0.235. The number of ether oxygens (including phenoxy) is 1. The molecule has 0 radical (unpaired) electrons. The highest BCUT2D eigenvalue weighted by molar-refractivity contribution is 9.10. The van der Waals surface area contributed by atoms with Crippen LogP contribution in [0.15, 0.2) is 45.8 Å². The number of carbonyl (C=O) groups is 1. The van der Waals surface area contributed by atoms with Crippen LogP contribution in [0.5, 0.6) is 0 Å². The van der Waals surface area contributed by atoms with Crippen molar-refractivity contribution in [3.63, 3.8) is 0 Å². The number of halogens is 3. The molecular weight excluding hydrogens is 479 g/mol. The molecule has 6 nitrogen and oxygen atoms in total. The van der Waals surface area contributed by atoms with Crippen LogP contribution in [0.3, 0.4) is 0 Å². The third-order valence-corrected chi connectivity index (χ3v) is 7.40. The molecule has 3 rings (SSSR count). The largest absolute Gasteiger partial charge is 0.379 e. The maximum absolute atomic E-state index is 12.9. The summed E-state index contributed by atoms with van der Waals surface area (Å²) in [4.78, 5) is 12.6. The normalized spacial score (nSPS) is 15.5. The first kappa shape index (κ1) is 20.6. The Morgan fingerprint density at radius 3 is 2.48 bits per heavy atom. The molecule has 0 aromatic heterocycles. The van der Waals surface area contributed by atoms with Gasteiger partial charge in [0, 0.05) is 28.1 Å². The SMILES string of the molecule is O=C(Nc1ccc(Cl)cc1Cl)c1ccc(Br)c(S(=O)(=O)N2CCOCC2)c1. The van der Waals surface area contributed by atoms with Crippen molar-refractivity contribution in [3.05, 3.63) is 56.5 Å². The van der Waals surface area contributed by atoms with Gasteiger partial charge >= 0.3 is 0 Å². The van der Waals surface area contributed by atoms with Crippen molar-refractivity contribution in [1.82, 2.24) is 4.31 Å². The summed E-state index contributed by atoms with van der Waals surface area (Å²) in [5.74, 6) is -0.481. The van der Waals surface area contributed by atoms with Crippen LogP contribution in [0.4, 0.5) is 5.69 Å². The van der Waals surface area contributed by atoms with E-state index in [4.69, 9.17) is 27.9 Å². The molecular formula is C17H15BrCl2N2O4S. The van der Waals surface area contributed by atoms with Crippen LogP contribution in [0.1, 0.15) is 10.4 Å². The van der Waals surface area contributed by atoms with Gasteiger partial charge in [-0.25, -0.2) is 8.42 Å². The number of anilines is 1. The zero-order valence-corrected chi connectivity index (χ0v) is 17.8. The van der Waals surface area contributed by atoms with E-state index in [0.717, 1.165) is 0 Å². The van der Waals surface area contributed by atoms with Gasteiger partial charge in [-0.1, -0.05) is 23.2 Å². The summed E-state index contributed by atoms with van der Waals surface area (Å²) in [5, 5.41) is 3.39. The van der Waals surface area contributed by atoms with Gasteiger partial charge in [0.15, 0.2) is 0 Å². The Bertz CT molecular complexity index is 979. The Kier molecular flexibility index (Phi) is 6.45. The lowest BCUT2D eigenvalue weighted by atomic mass is 10.2. The summed E-state index contributed by atoms with van der Waals surface area (Å²) in [5.41, 5.74) is 0.572. The summed E-state index contributed by atoms with van der Waals surface area (Å²) < 4.78 is 32.7. The van der Waals surface area contributed by atoms with Crippen LogP contribution < -0.4 is 5.32 Å². The van der Waals surface area contributed by atoms with Gasteiger partial charge in [-0.2, -0.15) is 4.31 Å². The Balaban J connectivity index is 1.89. The standard InChI is InChI=1S/C17H15BrCl2N2O4S/c18-13-3-1-11(17(23)21-15-4-2-12(19)10-14(15)20)9-16(13)27(24,25)22-5-7-26-8-6-22/h1-4,9-10H,5-8H2,(H,21,23). The lowest BCUT2D eigenvalue weighted by molar-refractivity contribution is 0.0730. The van der Waals surface area contributed by atoms with Crippen LogP contribution >= 0.6 is 39.1 Å². The molecule has 144 valence electrons. The molecule has 2 aromatic rings. The molecule has 0 unspecified atom stereocenters. The van der Waals surface area contributed by atoms with Gasteiger partial charge in [-0.15, -0.1) is 0 Å². The molecule has 1 heterocycles. The lowest BCUT2D eigenvalue weighted by Crippen LogP contribution is -2.40. The maximum atomic E-state index is 12.9. The fourth-order valence-electron chi connectivity index (χ4n) is 2.55. The minimum atomic E-state index is -3.75. The van der Waals surface area contributed by atoms with Gasteiger partial charge in [-0.05, 0) is 52.3 Å². The quantitative estimate of drug-likeness (QED) is 0.697. The van der Waals surface area contributed by atoms with Crippen molar-refractivity contribution in [2.24, 2.45) is 0 Å². The van der Waals surface area contributed by atoms with Gasteiger partial charge in [-0.3, -0.25) is 4.79 Å². The summed E-state index contributed by atoms with van der Waals surface area (Å²) >= 11 is 15.2. The van der Waals surface area contributed by atoms with Gasteiger partial charge in [0.1, 0.15) is 0 Å². The molecule has 27 heavy (non-hydrogen) atoms. The Morgan fingerprint density at radius 1 is 1.11 bits per heavy atom. The molecule has 1 aliphatic rings. The zero-order valence-electron chi connectivity index (χ0n) is 13.9. The number of carbonyl (C=O) groups excluding carboxylic acids is 1. The Morgan fingerprint density at radius 2 is 1.81 bits per heavy atom. The predicted octanol–water partition coefficient (Wildman–Crippen LogP) is 4.03. The number of nitrogens with one attached hydrogen (secondary N) is 1. The van der Waals surface area contributed by atoms with Crippen LogP contribution in [0, 0.1) is 0 Å². The van der Waals surface area contributed by atoms with E-state index in [1.807, 2.05) is 0 Å². The molecule has 1 amide bonds. The molecule has 1 saturated heterocycles. The third-order valence-electron chi connectivity index (χ3n) is 3.96. The molecule has 1 N–H and O–H groups in total. The average molecular weight is 494 g/mol. The molecule has 0 saturated carbocycles. The second kappa shape index (κ2) is 8.46. The van der Waals surface area contributed by atoms with Gasteiger partial charge in [0.25, 0.3) is 5.91 Å². The van der Waals surface area contributed by atoms with Crippen molar-refractivity contribution >= 4 is 60.7 Å². The summed E-state index contributed by atoms with van der Waals surface area (Å²) in [6.07, 6.45) is 0. The Labute approximate surface area is 175 Å². The van der Waals surface area contributed by atoms with Crippen molar-refractivity contribution in [2.45, 2.75) is 4.90 Å². The van der Waals surface area contributed by atoms with E-state index >= 15 is 0 Å². The minimum Gasteiger partial charge on any atom is -0.379 e. The number of sulfonamides is 1. The first-order chi connectivity index (χ1) is 12.8. The first-order valence-electron chi connectivity index (χ1n) is 7.93. The van der Waals surface area contributed by atoms with Crippen LogP contribution in [0.2, 0.25) is 10.0 Å². The predicted molar refractivity (Wildman–Crippen MR) is 108 cm³/mol. The molecule has 10 heteroatoms. The number of benzene rings is 2. The second-order valence-electron chi connectivity index (χ2n) is 5.74. The van der Waals surface area contributed by atoms with Crippen molar-refractivity contribution in [3.8, 4) is 0 Å².